The van der Waals surface area contributed by atoms with E-state index in [0.29, 0.717) is 19.6 Å². The Morgan fingerprint density at radius 1 is 1.55 bits per heavy atom. The number of sulfonamides is 1. The molecular formula is C11H17ClN2O4S2. The van der Waals surface area contributed by atoms with Crippen molar-refractivity contribution in [1.82, 2.24) is 9.62 Å². The maximum Gasteiger partial charge on any atom is 0.349 e. The number of hydrogen-bond donors (Lipinski definition) is 1. The topological polar surface area (TPSA) is 75.7 Å². The molecule has 1 aliphatic heterocycles. The summed E-state index contributed by atoms with van der Waals surface area (Å²) in [6.07, 6.45) is 0. The van der Waals surface area contributed by atoms with Crippen LogP contribution in [0.1, 0.15) is 16.6 Å². The highest BCUT2D eigenvalue weighted by Crippen LogP contribution is 2.26. The third kappa shape index (κ3) is 3.32. The Labute approximate surface area is 128 Å². The first-order valence-electron chi connectivity index (χ1n) is 5.86. The second-order valence-electron chi connectivity index (χ2n) is 4.32. The van der Waals surface area contributed by atoms with E-state index in [9.17, 15) is 13.2 Å². The molecule has 1 N–H and O–H groups in total. The van der Waals surface area contributed by atoms with Crippen LogP contribution in [-0.2, 0) is 14.8 Å². The summed E-state index contributed by atoms with van der Waals surface area (Å²) in [5.74, 6) is -0.614. The van der Waals surface area contributed by atoms with Crippen LogP contribution in [0, 0.1) is 0 Å². The van der Waals surface area contributed by atoms with Crippen molar-refractivity contribution in [1.29, 1.82) is 0 Å². The lowest BCUT2D eigenvalue weighted by molar-refractivity contribution is 0.0602. The zero-order valence-electron chi connectivity index (χ0n) is 11.2. The standard InChI is InChI=1S/C11H16N2O4S2.ClH/c1-8-7-13(5-4-12-8)19(15,16)9-3-6-18-10(9)11(14)17-2;/h3,6,8,12H,4-5,7H2,1-2H3;1H/t8-;/m0./s1. The molecule has 0 aliphatic carbocycles. The van der Waals surface area contributed by atoms with Gasteiger partial charge in [0.05, 0.1) is 7.11 Å². The molecule has 6 nitrogen and oxygen atoms in total. The first-order chi connectivity index (χ1) is 8.96. The quantitative estimate of drug-likeness (QED) is 0.829. The fourth-order valence-corrected chi connectivity index (χ4v) is 4.83. The molecule has 2 heterocycles. The van der Waals surface area contributed by atoms with Crippen LogP contribution in [0.4, 0.5) is 0 Å². The van der Waals surface area contributed by atoms with Crippen LogP contribution in [0.5, 0.6) is 0 Å². The molecular weight excluding hydrogens is 324 g/mol. The van der Waals surface area contributed by atoms with Crippen molar-refractivity contribution < 1.29 is 17.9 Å². The number of carbonyl (C=O) groups is 1. The molecule has 0 bridgehead atoms. The van der Waals surface area contributed by atoms with Gasteiger partial charge in [0.1, 0.15) is 9.77 Å². The molecule has 1 atom stereocenters. The Kier molecular flexibility index (Phi) is 5.96. The third-order valence-corrected chi connectivity index (χ3v) is 5.88. The maximum atomic E-state index is 12.5. The van der Waals surface area contributed by atoms with Crippen molar-refractivity contribution in [3.05, 3.63) is 16.3 Å². The van der Waals surface area contributed by atoms with E-state index in [1.807, 2.05) is 6.92 Å². The summed E-state index contributed by atoms with van der Waals surface area (Å²) in [7, 11) is -2.39. The van der Waals surface area contributed by atoms with Gasteiger partial charge in [-0.25, -0.2) is 13.2 Å². The molecule has 2 rings (SSSR count). The number of thiophene rings is 1. The number of rotatable bonds is 3. The summed E-state index contributed by atoms with van der Waals surface area (Å²) in [5.41, 5.74) is 0. The van der Waals surface area contributed by atoms with Crippen molar-refractivity contribution in [2.45, 2.75) is 17.9 Å². The second-order valence-corrected chi connectivity index (χ2v) is 7.15. The van der Waals surface area contributed by atoms with Gasteiger partial charge < -0.3 is 10.1 Å². The van der Waals surface area contributed by atoms with Crippen LogP contribution in [0.15, 0.2) is 16.3 Å². The van der Waals surface area contributed by atoms with Crippen molar-refractivity contribution in [3.8, 4) is 0 Å². The van der Waals surface area contributed by atoms with E-state index < -0.39 is 16.0 Å². The summed E-state index contributed by atoms with van der Waals surface area (Å²) in [5, 5.41) is 4.77. The normalized spacial score (nSPS) is 20.2. The molecule has 0 amide bonds. The molecule has 0 unspecified atom stereocenters. The third-order valence-electron chi connectivity index (χ3n) is 2.95. The van der Waals surface area contributed by atoms with Gasteiger partial charge >= 0.3 is 5.97 Å². The first-order valence-corrected chi connectivity index (χ1v) is 8.18. The molecule has 0 saturated carbocycles. The number of carbonyl (C=O) groups excluding carboxylic acids is 1. The molecule has 114 valence electrons. The minimum Gasteiger partial charge on any atom is -0.465 e. The van der Waals surface area contributed by atoms with Gasteiger partial charge in [-0.3, -0.25) is 0 Å². The SMILES string of the molecule is COC(=O)c1sccc1S(=O)(=O)N1CCN[C@@H](C)C1.Cl. The zero-order chi connectivity index (χ0) is 14.0. The number of esters is 1. The highest BCUT2D eigenvalue weighted by molar-refractivity contribution is 7.89. The van der Waals surface area contributed by atoms with E-state index in [4.69, 9.17) is 0 Å². The number of nitrogens with zero attached hydrogens (tertiary/aromatic N) is 1. The van der Waals surface area contributed by atoms with E-state index >= 15 is 0 Å². The van der Waals surface area contributed by atoms with Crippen LogP contribution in [0.3, 0.4) is 0 Å². The molecule has 0 aromatic carbocycles. The largest absolute Gasteiger partial charge is 0.465 e. The van der Waals surface area contributed by atoms with Crippen molar-refractivity contribution >= 4 is 39.7 Å². The van der Waals surface area contributed by atoms with Gasteiger partial charge in [-0.05, 0) is 18.4 Å². The van der Waals surface area contributed by atoms with Crippen molar-refractivity contribution in [3.63, 3.8) is 0 Å². The first kappa shape index (κ1) is 17.4. The average molecular weight is 341 g/mol. The van der Waals surface area contributed by atoms with E-state index in [1.54, 1.807) is 5.38 Å². The van der Waals surface area contributed by atoms with Gasteiger partial charge in [0, 0.05) is 25.7 Å². The van der Waals surface area contributed by atoms with Crippen LogP contribution in [0.25, 0.3) is 0 Å². The summed E-state index contributed by atoms with van der Waals surface area (Å²) in [4.78, 5) is 11.8. The van der Waals surface area contributed by atoms with Crippen LogP contribution >= 0.6 is 23.7 Å². The number of methoxy groups -OCH3 is 1. The van der Waals surface area contributed by atoms with Crippen LogP contribution in [-0.4, -0.2) is 51.5 Å². The van der Waals surface area contributed by atoms with Crippen molar-refractivity contribution in [2.24, 2.45) is 0 Å². The predicted molar refractivity (Wildman–Crippen MR) is 79.1 cm³/mol. The Hall–Kier alpha value is -0.670. The number of ether oxygens (including phenoxy) is 1. The molecule has 1 aromatic rings. The summed E-state index contributed by atoms with van der Waals surface area (Å²) in [6.45, 7) is 3.34. The Morgan fingerprint density at radius 2 is 2.25 bits per heavy atom. The minimum absolute atomic E-state index is 0. The molecule has 9 heteroatoms. The van der Waals surface area contributed by atoms with Gasteiger partial charge in [0.2, 0.25) is 10.0 Å². The van der Waals surface area contributed by atoms with Gasteiger partial charge in [-0.15, -0.1) is 23.7 Å². The lowest BCUT2D eigenvalue weighted by Gasteiger charge is -2.30. The number of nitrogens with one attached hydrogen (secondary N) is 1. The number of halogens is 1. The van der Waals surface area contributed by atoms with Gasteiger partial charge in [0.15, 0.2) is 0 Å². The fraction of sp³-hybridized carbons (Fsp3) is 0.545. The smallest absolute Gasteiger partial charge is 0.349 e. The molecule has 1 aromatic heterocycles. The van der Waals surface area contributed by atoms with Gasteiger partial charge in [0.25, 0.3) is 0 Å². The lowest BCUT2D eigenvalue weighted by atomic mass is 10.3. The highest BCUT2D eigenvalue weighted by atomic mass is 35.5. The Bertz CT molecular complexity index is 573. The maximum absolute atomic E-state index is 12.5. The van der Waals surface area contributed by atoms with Crippen LogP contribution < -0.4 is 5.32 Å². The zero-order valence-corrected chi connectivity index (χ0v) is 13.6. The molecule has 1 saturated heterocycles. The lowest BCUT2D eigenvalue weighted by Crippen LogP contribution is -2.51. The summed E-state index contributed by atoms with van der Waals surface area (Å²) >= 11 is 1.08. The number of piperazine rings is 1. The Balaban J connectivity index is 0.00000200. The number of hydrogen-bond acceptors (Lipinski definition) is 6. The highest BCUT2D eigenvalue weighted by Gasteiger charge is 2.32. The molecule has 1 aliphatic rings. The van der Waals surface area contributed by atoms with E-state index in [-0.39, 0.29) is 28.2 Å². The molecule has 0 radical (unpaired) electrons. The molecule has 1 fully saturated rings. The average Bonchev–Trinajstić information content (AvgIpc) is 2.87. The van der Waals surface area contributed by atoms with Gasteiger partial charge in [-0.1, -0.05) is 0 Å². The van der Waals surface area contributed by atoms with E-state index in [2.05, 4.69) is 10.1 Å². The summed E-state index contributed by atoms with van der Waals surface area (Å²) in [6, 6.07) is 1.56. The van der Waals surface area contributed by atoms with Crippen LogP contribution in [0.2, 0.25) is 0 Å². The Morgan fingerprint density at radius 3 is 2.85 bits per heavy atom. The van der Waals surface area contributed by atoms with Gasteiger partial charge in [-0.2, -0.15) is 4.31 Å². The predicted octanol–water partition coefficient (Wildman–Crippen LogP) is 0.939. The second kappa shape index (κ2) is 6.86. The van der Waals surface area contributed by atoms with E-state index in [0.717, 1.165) is 11.3 Å². The minimum atomic E-state index is -3.63. The molecule has 20 heavy (non-hydrogen) atoms. The summed E-state index contributed by atoms with van der Waals surface area (Å²) < 4.78 is 31.1. The van der Waals surface area contributed by atoms with Crippen molar-refractivity contribution in [2.75, 3.05) is 26.7 Å². The monoisotopic (exact) mass is 340 g/mol. The van der Waals surface area contributed by atoms with E-state index in [1.165, 1.54) is 17.5 Å². The molecule has 0 spiro atoms. The fourth-order valence-electron chi connectivity index (χ4n) is 2.00.